The maximum atomic E-state index is 12.6. The van der Waals surface area contributed by atoms with Crippen LogP contribution in [0.3, 0.4) is 0 Å². The molecule has 34 heavy (non-hydrogen) atoms. The van der Waals surface area contributed by atoms with Crippen molar-refractivity contribution in [1.29, 1.82) is 0 Å². The van der Waals surface area contributed by atoms with Gasteiger partial charge in [-0.1, -0.05) is 55.8 Å². The van der Waals surface area contributed by atoms with Gasteiger partial charge in [-0.15, -0.1) is 0 Å². The van der Waals surface area contributed by atoms with Gasteiger partial charge >= 0.3 is 0 Å². The number of nitrogens with one attached hydrogen (secondary N) is 2. The van der Waals surface area contributed by atoms with E-state index in [1.54, 1.807) is 37.5 Å². The van der Waals surface area contributed by atoms with Crippen molar-refractivity contribution in [3.8, 4) is 5.75 Å². The van der Waals surface area contributed by atoms with Gasteiger partial charge in [-0.2, -0.15) is 0 Å². The molecule has 1 heterocycles. The van der Waals surface area contributed by atoms with E-state index in [2.05, 4.69) is 37.8 Å². The number of rotatable bonds is 8. The van der Waals surface area contributed by atoms with Crippen LogP contribution in [0.4, 0.5) is 0 Å². The van der Waals surface area contributed by atoms with Crippen molar-refractivity contribution in [1.82, 2.24) is 15.3 Å². The van der Waals surface area contributed by atoms with Crippen LogP contribution < -0.4 is 10.1 Å². The predicted octanol–water partition coefficient (Wildman–Crippen LogP) is 7.61. The number of allylic oxidation sites excluding steroid dienone is 5. The fourth-order valence-corrected chi connectivity index (χ4v) is 4.32. The molecule has 3 rings (SSSR count). The highest BCUT2D eigenvalue weighted by molar-refractivity contribution is 9.10. The summed E-state index contributed by atoms with van der Waals surface area (Å²) in [5.41, 5.74) is 3.52. The van der Waals surface area contributed by atoms with Crippen LogP contribution in [0.1, 0.15) is 42.5 Å². The van der Waals surface area contributed by atoms with Crippen LogP contribution >= 0.6 is 39.1 Å². The number of amides is 1. The molecule has 0 atom stereocenters. The number of nitrogens with zero attached hydrogens (tertiary/aromatic N) is 1. The predicted molar refractivity (Wildman–Crippen MR) is 147 cm³/mol. The summed E-state index contributed by atoms with van der Waals surface area (Å²) < 4.78 is 6.12. The first-order valence-corrected chi connectivity index (χ1v) is 12.4. The highest BCUT2D eigenvalue weighted by Crippen LogP contribution is 2.30. The first-order chi connectivity index (χ1) is 16.3. The first-order valence-electron chi connectivity index (χ1n) is 10.8. The van der Waals surface area contributed by atoms with E-state index in [1.165, 1.54) is 0 Å². The molecule has 5 nitrogen and oxygen atoms in total. The van der Waals surface area contributed by atoms with Crippen molar-refractivity contribution in [2.75, 3.05) is 13.7 Å². The van der Waals surface area contributed by atoms with Crippen molar-refractivity contribution in [2.45, 2.75) is 27.2 Å². The maximum absolute atomic E-state index is 12.6. The van der Waals surface area contributed by atoms with Crippen molar-refractivity contribution >= 4 is 61.6 Å². The molecule has 0 unspecified atom stereocenters. The van der Waals surface area contributed by atoms with Crippen LogP contribution in [0.15, 0.2) is 69.7 Å². The van der Waals surface area contributed by atoms with Gasteiger partial charge in [-0.05, 0) is 71.2 Å². The van der Waals surface area contributed by atoms with E-state index < -0.39 is 0 Å². The second-order valence-electron chi connectivity index (χ2n) is 6.92. The quantitative estimate of drug-likeness (QED) is 0.277. The molecule has 2 aromatic carbocycles. The number of fused-ring (bicyclic) bond motifs is 1. The number of aromatic amines is 1. The maximum Gasteiger partial charge on any atom is 0.251 e. The van der Waals surface area contributed by atoms with Gasteiger partial charge in [0.15, 0.2) is 0 Å². The molecule has 0 aliphatic rings. The van der Waals surface area contributed by atoms with Crippen LogP contribution in [0, 0.1) is 0 Å². The smallest absolute Gasteiger partial charge is 0.251 e. The highest BCUT2D eigenvalue weighted by Gasteiger charge is 2.15. The number of hydrogen-bond donors (Lipinski definition) is 2. The van der Waals surface area contributed by atoms with Crippen LogP contribution in [0.2, 0.25) is 0 Å². The van der Waals surface area contributed by atoms with E-state index in [4.69, 9.17) is 27.9 Å². The van der Waals surface area contributed by atoms with Crippen molar-refractivity contribution in [3.05, 3.63) is 86.6 Å². The van der Waals surface area contributed by atoms with Gasteiger partial charge in [-0.3, -0.25) is 4.79 Å². The number of methoxy groups -OCH3 is 1. The average molecular weight is 565 g/mol. The molecule has 1 amide bonds. The number of carbonyl (C=O) groups excluding carboxylic acids is 1. The van der Waals surface area contributed by atoms with Gasteiger partial charge in [0, 0.05) is 17.1 Å². The molecule has 1 aromatic heterocycles. The Hall–Kier alpha value is -2.54. The Morgan fingerprint density at radius 3 is 2.59 bits per heavy atom. The van der Waals surface area contributed by atoms with E-state index in [-0.39, 0.29) is 10.9 Å². The number of carbonyl (C=O) groups is 1. The molecule has 0 saturated carbocycles. The van der Waals surface area contributed by atoms with Crippen molar-refractivity contribution in [3.63, 3.8) is 0 Å². The molecule has 0 aliphatic heterocycles. The Bertz CT molecular complexity index is 1230. The lowest BCUT2D eigenvalue weighted by Crippen LogP contribution is -2.25. The third-order valence-corrected chi connectivity index (χ3v) is 5.84. The summed E-state index contributed by atoms with van der Waals surface area (Å²) in [7, 11) is 1.62. The van der Waals surface area contributed by atoms with Gasteiger partial charge in [0.1, 0.15) is 11.6 Å². The number of hydrogen-bond acceptors (Lipinski definition) is 3. The fraction of sp³-hybridized carbons (Fsp3) is 0.231. The first kappa shape index (κ1) is 27.7. The third kappa shape index (κ3) is 6.98. The Morgan fingerprint density at radius 1 is 1.24 bits per heavy atom. The SMILES string of the molecule is C=C(Cl)/C(=C(Cl)\C=C/C)c1nc2ccc(C(=O)NCCc3ccc(OC)c(Br)c3)cc2[nH]1.CC. The molecule has 0 saturated heterocycles. The standard InChI is InChI=1S/C24H22BrCl2N3O2.C2H6/c1-4-5-18(27)22(14(2)26)23-29-19-8-7-16(13-20(19)30-23)24(31)28-11-10-15-6-9-21(32-3)17(25)12-15;1-2/h4-9,12-13H,2,10-11H2,1,3H3,(H,28,31)(H,29,30);1-2H3/b5-4-,22-18-;. The van der Waals surface area contributed by atoms with Crippen molar-refractivity contribution < 1.29 is 9.53 Å². The largest absolute Gasteiger partial charge is 0.496 e. The topological polar surface area (TPSA) is 67.0 Å². The summed E-state index contributed by atoms with van der Waals surface area (Å²) in [6.45, 7) is 10.1. The van der Waals surface area contributed by atoms with Crippen LogP contribution in [0.25, 0.3) is 16.6 Å². The van der Waals surface area contributed by atoms with E-state index in [9.17, 15) is 4.79 Å². The Morgan fingerprint density at radius 2 is 1.97 bits per heavy atom. The number of aromatic nitrogens is 2. The minimum atomic E-state index is -0.167. The lowest BCUT2D eigenvalue weighted by molar-refractivity contribution is 0.0954. The highest BCUT2D eigenvalue weighted by atomic mass is 79.9. The van der Waals surface area contributed by atoms with E-state index in [0.29, 0.717) is 46.0 Å². The fourth-order valence-electron chi connectivity index (χ4n) is 3.16. The second-order valence-corrected chi connectivity index (χ2v) is 8.64. The summed E-state index contributed by atoms with van der Waals surface area (Å²) in [5, 5.41) is 3.65. The van der Waals surface area contributed by atoms with Crippen LogP contribution in [0.5, 0.6) is 5.75 Å². The summed E-state index contributed by atoms with van der Waals surface area (Å²) >= 11 is 16.0. The van der Waals surface area contributed by atoms with Gasteiger partial charge < -0.3 is 15.0 Å². The second kappa shape index (κ2) is 13.4. The molecule has 0 aliphatic carbocycles. The van der Waals surface area contributed by atoms with Gasteiger partial charge in [-0.25, -0.2) is 4.98 Å². The third-order valence-electron chi connectivity index (χ3n) is 4.72. The summed E-state index contributed by atoms with van der Waals surface area (Å²) in [5.74, 6) is 1.10. The summed E-state index contributed by atoms with van der Waals surface area (Å²) in [6.07, 6.45) is 4.22. The molecule has 0 radical (unpaired) electrons. The zero-order chi connectivity index (χ0) is 25.3. The van der Waals surface area contributed by atoms with E-state index >= 15 is 0 Å². The van der Waals surface area contributed by atoms with Crippen LogP contribution in [-0.4, -0.2) is 29.5 Å². The molecule has 0 bridgehead atoms. The average Bonchev–Trinajstić information content (AvgIpc) is 3.23. The summed E-state index contributed by atoms with van der Waals surface area (Å²) in [4.78, 5) is 20.4. The lowest BCUT2D eigenvalue weighted by Gasteiger charge is -2.08. The number of ether oxygens (including phenoxy) is 1. The molecule has 2 N–H and O–H groups in total. The molecule has 0 spiro atoms. The monoisotopic (exact) mass is 563 g/mol. The molecular formula is C26H28BrCl2N3O2. The molecule has 3 aromatic rings. The van der Waals surface area contributed by atoms with Gasteiger partial charge in [0.05, 0.1) is 33.2 Å². The van der Waals surface area contributed by atoms with E-state index in [1.807, 2.05) is 39.0 Å². The Kier molecular flexibility index (Phi) is 10.9. The Labute approximate surface area is 219 Å². The normalized spacial score (nSPS) is 11.6. The molecule has 8 heteroatoms. The Balaban J connectivity index is 0.00000199. The lowest BCUT2D eigenvalue weighted by atomic mass is 10.1. The number of imidazole rings is 1. The zero-order valence-corrected chi connectivity index (χ0v) is 22.7. The van der Waals surface area contributed by atoms with E-state index in [0.717, 1.165) is 15.8 Å². The van der Waals surface area contributed by atoms with Crippen molar-refractivity contribution in [2.24, 2.45) is 0 Å². The van der Waals surface area contributed by atoms with Gasteiger partial charge in [0.25, 0.3) is 5.91 Å². The number of benzene rings is 2. The molecular weight excluding hydrogens is 537 g/mol. The molecule has 0 fully saturated rings. The minimum absolute atomic E-state index is 0.167. The van der Waals surface area contributed by atoms with Gasteiger partial charge in [0.2, 0.25) is 0 Å². The summed E-state index contributed by atoms with van der Waals surface area (Å²) in [6, 6.07) is 11.1. The number of H-pyrrole nitrogens is 1. The minimum Gasteiger partial charge on any atom is -0.496 e. The zero-order valence-electron chi connectivity index (χ0n) is 19.6. The molecule has 180 valence electrons. The number of halogens is 3. The van der Waals surface area contributed by atoms with Crippen LogP contribution in [-0.2, 0) is 6.42 Å².